The van der Waals surface area contributed by atoms with Crippen LogP contribution in [0.2, 0.25) is 0 Å². The summed E-state index contributed by atoms with van der Waals surface area (Å²) in [6, 6.07) is 3.21. The summed E-state index contributed by atoms with van der Waals surface area (Å²) in [6.07, 6.45) is 0. The number of halogens is 1. The van der Waals surface area contributed by atoms with Gasteiger partial charge in [-0.1, -0.05) is 0 Å². The maximum atomic E-state index is 12.8. The number of ether oxygens (including phenoxy) is 2. The van der Waals surface area contributed by atoms with Gasteiger partial charge in [0.25, 0.3) is 0 Å². The van der Waals surface area contributed by atoms with E-state index in [2.05, 4.69) is 0 Å². The molecule has 0 fully saturated rings. The van der Waals surface area contributed by atoms with E-state index in [-0.39, 0.29) is 22.9 Å². The molecular weight excluding hydrogens is 261 g/mol. The van der Waals surface area contributed by atoms with Crippen molar-refractivity contribution in [1.29, 1.82) is 0 Å². The van der Waals surface area contributed by atoms with Gasteiger partial charge in [-0.25, -0.2) is 12.8 Å². The second kappa shape index (κ2) is 6.67. The molecule has 0 radical (unpaired) electrons. The van der Waals surface area contributed by atoms with E-state index >= 15 is 0 Å². The molecule has 0 amide bonds. The van der Waals surface area contributed by atoms with Crippen molar-refractivity contribution in [3.8, 4) is 0 Å². The van der Waals surface area contributed by atoms with Crippen LogP contribution in [-0.4, -0.2) is 41.1 Å². The number of benzene rings is 1. The first-order chi connectivity index (χ1) is 8.47. The molecule has 0 atom stereocenters. The first-order valence-corrected chi connectivity index (χ1v) is 6.97. The van der Waals surface area contributed by atoms with Crippen molar-refractivity contribution in [2.45, 2.75) is 4.90 Å². The number of nitrogens with two attached hydrogens (primary N) is 1. The molecular formula is C11H16FNO4S. The van der Waals surface area contributed by atoms with Crippen LogP contribution >= 0.6 is 0 Å². The van der Waals surface area contributed by atoms with E-state index in [1.54, 1.807) is 0 Å². The number of nitrogen functional groups attached to an aromatic ring is 1. The molecule has 0 heterocycles. The molecule has 0 saturated carbocycles. The Bertz CT molecular complexity index is 490. The van der Waals surface area contributed by atoms with Crippen molar-refractivity contribution in [3.05, 3.63) is 24.0 Å². The van der Waals surface area contributed by atoms with Crippen LogP contribution in [0.15, 0.2) is 23.1 Å². The van der Waals surface area contributed by atoms with Gasteiger partial charge in [0.15, 0.2) is 9.84 Å². The lowest BCUT2D eigenvalue weighted by atomic mass is 10.3. The van der Waals surface area contributed by atoms with E-state index in [1.807, 2.05) is 0 Å². The largest absolute Gasteiger partial charge is 0.398 e. The maximum absolute atomic E-state index is 12.8. The Morgan fingerprint density at radius 2 is 2.00 bits per heavy atom. The predicted octanol–water partition coefficient (Wildman–Crippen LogP) is 0.845. The van der Waals surface area contributed by atoms with Crippen LogP contribution in [0.4, 0.5) is 10.1 Å². The molecule has 0 aliphatic carbocycles. The summed E-state index contributed by atoms with van der Waals surface area (Å²) in [5, 5.41) is 0. The summed E-state index contributed by atoms with van der Waals surface area (Å²) in [5.41, 5.74) is 5.39. The Morgan fingerprint density at radius 1 is 1.28 bits per heavy atom. The van der Waals surface area contributed by atoms with Crippen molar-refractivity contribution in [2.24, 2.45) is 0 Å². The molecule has 0 bridgehead atoms. The molecule has 1 aromatic rings. The molecule has 102 valence electrons. The van der Waals surface area contributed by atoms with E-state index in [4.69, 9.17) is 15.2 Å². The lowest BCUT2D eigenvalue weighted by Crippen LogP contribution is -2.15. The van der Waals surface area contributed by atoms with Crippen LogP contribution in [0.5, 0.6) is 0 Å². The minimum absolute atomic E-state index is 0.0442. The number of anilines is 1. The van der Waals surface area contributed by atoms with Gasteiger partial charge in [0.05, 0.1) is 36.2 Å². The maximum Gasteiger partial charge on any atom is 0.182 e. The number of rotatable bonds is 7. The molecule has 0 spiro atoms. The van der Waals surface area contributed by atoms with Crippen LogP contribution in [0.1, 0.15) is 0 Å². The zero-order chi connectivity index (χ0) is 13.6. The Kier molecular flexibility index (Phi) is 5.52. The van der Waals surface area contributed by atoms with Gasteiger partial charge in [-0.2, -0.15) is 0 Å². The molecule has 5 nitrogen and oxygen atoms in total. The molecule has 2 N–H and O–H groups in total. The Balaban J connectivity index is 2.63. The molecule has 0 aliphatic rings. The second-order valence-corrected chi connectivity index (χ2v) is 5.68. The van der Waals surface area contributed by atoms with Gasteiger partial charge in [0.1, 0.15) is 5.82 Å². The van der Waals surface area contributed by atoms with Crippen LogP contribution in [0, 0.1) is 5.82 Å². The number of hydrogen-bond donors (Lipinski definition) is 1. The number of methoxy groups -OCH3 is 1. The monoisotopic (exact) mass is 277 g/mol. The van der Waals surface area contributed by atoms with Crippen LogP contribution in [-0.2, 0) is 19.3 Å². The van der Waals surface area contributed by atoms with E-state index in [1.165, 1.54) is 7.11 Å². The molecule has 7 heteroatoms. The van der Waals surface area contributed by atoms with Gasteiger partial charge in [-0.05, 0) is 18.2 Å². The van der Waals surface area contributed by atoms with Gasteiger partial charge in [0.2, 0.25) is 0 Å². The summed E-state index contributed by atoms with van der Waals surface area (Å²) in [5.74, 6) is -0.769. The highest BCUT2D eigenvalue weighted by Crippen LogP contribution is 2.20. The highest BCUT2D eigenvalue weighted by Gasteiger charge is 2.17. The van der Waals surface area contributed by atoms with Gasteiger partial charge in [-0.15, -0.1) is 0 Å². The van der Waals surface area contributed by atoms with Crippen LogP contribution in [0.25, 0.3) is 0 Å². The molecule has 1 aromatic carbocycles. The normalized spacial score (nSPS) is 11.7. The lowest BCUT2D eigenvalue weighted by molar-refractivity contribution is 0.0785. The number of sulfone groups is 1. The highest BCUT2D eigenvalue weighted by molar-refractivity contribution is 7.91. The minimum atomic E-state index is -3.55. The van der Waals surface area contributed by atoms with Gasteiger partial charge >= 0.3 is 0 Å². The first-order valence-electron chi connectivity index (χ1n) is 5.32. The number of hydrogen-bond acceptors (Lipinski definition) is 5. The van der Waals surface area contributed by atoms with Crippen LogP contribution < -0.4 is 5.73 Å². The van der Waals surface area contributed by atoms with Crippen molar-refractivity contribution in [1.82, 2.24) is 0 Å². The molecule has 0 unspecified atom stereocenters. The van der Waals surface area contributed by atoms with Crippen molar-refractivity contribution in [3.63, 3.8) is 0 Å². The molecule has 18 heavy (non-hydrogen) atoms. The summed E-state index contributed by atoms with van der Waals surface area (Å²) >= 11 is 0. The SMILES string of the molecule is COCCOCCS(=O)(=O)c1ccc(F)cc1N. The Labute approximate surface area is 106 Å². The fourth-order valence-electron chi connectivity index (χ4n) is 1.33. The lowest BCUT2D eigenvalue weighted by Gasteiger charge is -2.08. The quantitative estimate of drug-likeness (QED) is 0.454. The third kappa shape index (κ3) is 4.25. The average Bonchev–Trinajstić information content (AvgIpc) is 2.28. The van der Waals surface area contributed by atoms with Gasteiger partial charge < -0.3 is 15.2 Å². The third-order valence-electron chi connectivity index (χ3n) is 2.24. The fraction of sp³-hybridized carbons (Fsp3) is 0.455. The zero-order valence-electron chi connectivity index (χ0n) is 10.1. The summed E-state index contributed by atoms with van der Waals surface area (Å²) in [4.78, 5) is -0.0701. The summed E-state index contributed by atoms with van der Waals surface area (Å²) in [7, 11) is -2.03. The summed E-state index contributed by atoms with van der Waals surface area (Å²) in [6.45, 7) is 0.770. The van der Waals surface area contributed by atoms with Crippen LogP contribution in [0.3, 0.4) is 0 Å². The molecule has 0 aliphatic heterocycles. The van der Waals surface area contributed by atoms with Gasteiger partial charge in [0, 0.05) is 7.11 Å². The first kappa shape index (κ1) is 14.9. The van der Waals surface area contributed by atoms with E-state index in [0.717, 1.165) is 18.2 Å². The predicted molar refractivity (Wildman–Crippen MR) is 65.6 cm³/mol. The van der Waals surface area contributed by atoms with E-state index in [9.17, 15) is 12.8 Å². The van der Waals surface area contributed by atoms with Gasteiger partial charge in [-0.3, -0.25) is 0 Å². The Morgan fingerprint density at radius 3 is 2.61 bits per heavy atom. The zero-order valence-corrected chi connectivity index (χ0v) is 10.9. The second-order valence-electron chi connectivity index (χ2n) is 3.61. The Hall–Kier alpha value is -1.18. The highest BCUT2D eigenvalue weighted by atomic mass is 32.2. The smallest absolute Gasteiger partial charge is 0.182 e. The average molecular weight is 277 g/mol. The molecule has 0 aromatic heterocycles. The van der Waals surface area contributed by atoms with E-state index < -0.39 is 15.7 Å². The van der Waals surface area contributed by atoms with Crippen molar-refractivity contribution >= 4 is 15.5 Å². The molecule has 0 saturated heterocycles. The van der Waals surface area contributed by atoms with Crippen molar-refractivity contribution < 1.29 is 22.3 Å². The summed E-state index contributed by atoms with van der Waals surface area (Å²) < 4.78 is 46.4. The fourth-order valence-corrected chi connectivity index (χ4v) is 2.58. The third-order valence-corrected chi connectivity index (χ3v) is 3.98. The minimum Gasteiger partial charge on any atom is -0.398 e. The van der Waals surface area contributed by atoms with Crippen molar-refractivity contribution in [2.75, 3.05) is 38.4 Å². The standard InChI is InChI=1S/C11H16FNO4S/c1-16-4-5-17-6-7-18(14,15)11-3-2-9(12)8-10(11)13/h2-3,8H,4-7,13H2,1H3. The molecule has 1 rings (SSSR count). The van der Waals surface area contributed by atoms with E-state index in [0.29, 0.717) is 13.2 Å². The topological polar surface area (TPSA) is 78.6 Å².